The van der Waals surface area contributed by atoms with Gasteiger partial charge in [0, 0.05) is 39.3 Å². The van der Waals surface area contributed by atoms with E-state index in [2.05, 4.69) is 31.3 Å². The van der Waals surface area contributed by atoms with Crippen LogP contribution in [0.2, 0.25) is 0 Å². The molecule has 5 atom stereocenters. The number of hydrogen-bond acceptors (Lipinski definition) is 10. The van der Waals surface area contributed by atoms with Crippen LogP contribution < -0.4 is 55.7 Å². The quantitative estimate of drug-likeness (QED) is 0.0337. The third kappa shape index (κ3) is 15.4. The number of nitrogens with one attached hydrogen (secondary N) is 4. The van der Waals surface area contributed by atoms with Gasteiger partial charge in [0.25, 0.3) is 0 Å². The Morgan fingerprint density at radius 2 is 1.47 bits per heavy atom. The number of guanidine groups is 2. The zero-order chi connectivity index (χ0) is 33.9. The van der Waals surface area contributed by atoms with Gasteiger partial charge in [-0.25, -0.2) is 4.79 Å². The van der Waals surface area contributed by atoms with E-state index in [0.717, 1.165) is 0 Å². The van der Waals surface area contributed by atoms with Crippen molar-refractivity contribution in [2.24, 2.45) is 44.4 Å². The molecule has 0 aromatic heterocycles. The number of carbonyl (C=O) groups is 5. The fourth-order valence-corrected chi connectivity index (χ4v) is 4.45. The number of aliphatic carboxylic acids is 1. The van der Waals surface area contributed by atoms with Crippen molar-refractivity contribution in [2.75, 3.05) is 39.3 Å². The number of aliphatic imine (C=N–C) groups is 2. The number of nitrogens with two attached hydrogens (primary N) is 6. The Morgan fingerprint density at radius 1 is 0.867 bits per heavy atom. The van der Waals surface area contributed by atoms with E-state index in [1.165, 1.54) is 11.8 Å². The van der Waals surface area contributed by atoms with E-state index in [1.807, 2.05) is 0 Å². The van der Waals surface area contributed by atoms with E-state index in [0.29, 0.717) is 58.2 Å². The molecule has 0 unspecified atom stereocenters. The first-order chi connectivity index (χ1) is 21.2. The van der Waals surface area contributed by atoms with Crippen molar-refractivity contribution in [1.82, 2.24) is 26.2 Å². The molecule has 0 spiro atoms. The molecule has 19 nitrogen and oxygen atoms in total. The minimum absolute atomic E-state index is 0.0168. The molecule has 0 radical (unpaired) electrons. The van der Waals surface area contributed by atoms with E-state index in [9.17, 15) is 29.1 Å². The van der Waals surface area contributed by atoms with Crippen LogP contribution in [0.1, 0.15) is 51.9 Å². The molecule has 45 heavy (non-hydrogen) atoms. The zero-order valence-corrected chi connectivity index (χ0v) is 25.9. The van der Waals surface area contributed by atoms with Gasteiger partial charge in [-0.2, -0.15) is 0 Å². The van der Waals surface area contributed by atoms with Crippen molar-refractivity contribution in [2.45, 2.75) is 82.1 Å². The van der Waals surface area contributed by atoms with Gasteiger partial charge in [0.15, 0.2) is 11.9 Å². The standard InChI is InChI=1S/C26H51N13O6/c1-15(20(40)38-18(24(44)45)8-5-11-36-26(31)32)37-22(42)19-14-33-12-13-39(19)23(43)17(28)6-2-3-9-34-21(41)16(27)7-4-10-35-25(29)30/h15-19,33H,2-14,27-28H2,1H3,(H,34,41)(H,37,42)(H,38,40)(H,44,45)(H4,29,30,35)(H4,31,32,36)/t15-,16-,17-,18-,19-/m0/s1. The fourth-order valence-electron chi connectivity index (χ4n) is 4.45. The molecule has 0 aliphatic carbocycles. The molecule has 1 heterocycles. The van der Waals surface area contributed by atoms with Crippen LogP contribution in [-0.2, 0) is 24.0 Å². The minimum Gasteiger partial charge on any atom is -0.480 e. The molecular formula is C26H51N13O6. The molecule has 0 aromatic rings. The number of hydrogen-bond donors (Lipinski definition) is 11. The summed E-state index contributed by atoms with van der Waals surface area (Å²) in [5, 5.41) is 20.2. The highest BCUT2D eigenvalue weighted by atomic mass is 16.4. The third-order valence-corrected chi connectivity index (χ3v) is 7.00. The number of unbranched alkanes of at least 4 members (excludes halogenated alkanes) is 1. The molecule has 19 heteroatoms. The number of amides is 4. The van der Waals surface area contributed by atoms with Crippen molar-refractivity contribution >= 4 is 41.5 Å². The monoisotopic (exact) mass is 641 g/mol. The van der Waals surface area contributed by atoms with Crippen molar-refractivity contribution in [3.8, 4) is 0 Å². The molecule has 1 fully saturated rings. The highest BCUT2D eigenvalue weighted by Crippen LogP contribution is 2.10. The smallest absolute Gasteiger partial charge is 0.326 e. The van der Waals surface area contributed by atoms with E-state index >= 15 is 0 Å². The summed E-state index contributed by atoms with van der Waals surface area (Å²) >= 11 is 0. The highest BCUT2D eigenvalue weighted by Gasteiger charge is 2.35. The van der Waals surface area contributed by atoms with Crippen molar-refractivity contribution in [3.63, 3.8) is 0 Å². The molecular weight excluding hydrogens is 590 g/mol. The van der Waals surface area contributed by atoms with Gasteiger partial charge in [0.2, 0.25) is 23.6 Å². The van der Waals surface area contributed by atoms with Crippen molar-refractivity contribution in [1.29, 1.82) is 0 Å². The largest absolute Gasteiger partial charge is 0.480 e. The molecule has 256 valence electrons. The Morgan fingerprint density at radius 3 is 2.07 bits per heavy atom. The van der Waals surface area contributed by atoms with Gasteiger partial charge in [-0.05, 0) is 51.9 Å². The SMILES string of the molecule is C[C@H](NC(=O)[C@@H]1CNCCN1C(=O)[C@@H](N)CCCCNC(=O)[C@@H](N)CCCN=C(N)N)C(=O)N[C@@H](CCCN=C(N)N)C(=O)O. The Bertz CT molecular complexity index is 1050. The van der Waals surface area contributed by atoms with Gasteiger partial charge in [-0.1, -0.05) is 0 Å². The molecule has 1 aliphatic rings. The third-order valence-electron chi connectivity index (χ3n) is 7.00. The summed E-state index contributed by atoms with van der Waals surface area (Å²) < 4.78 is 0. The molecule has 17 N–H and O–H groups in total. The van der Waals surface area contributed by atoms with E-state index < -0.39 is 53.9 Å². The Labute approximate surface area is 262 Å². The minimum atomic E-state index is -1.24. The van der Waals surface area contributed by atoms with Crippen LogP contribution in [0.25, 0.3) is 0 Å². The normalized spacial score (nSPS) is 17.1. The molecule has 1 aliphatic heterocycles. The van der Waals surface area contributed by atoms with Gasteiger partial charge in [-0.15, -0.1) is 0 Å². The van der Waals surface area contributed by atoms with Crippen LogP contribution in [-0.4, -0.2) is 121 Å². The number of carbonyl (C=O) groups excluding carboxylic acids is 4. The molecule has 1 rings (SSSR count). The summed E-state index contributed by atoms with van der Waals surface area (Å²) in [6.07, 6.45) is 2.82. The van der Waals surface area contributed by atoms with Crippen LogP contribution in [0.15, 0.2) is 9.98 Å². The maximum absolute atomic E-state index is 13.2. The topological polar surface area (TPSA) is 338 Å². The Balaban J connectivity index is 2.54. The second-order valence-corrected chi connectivity index (χ2v) is 10.8. The maximum Gasteiger partial charge on any atom is 0.326 e. The number of piperazine rings is 1. The van der Waals surface area contributed by atoms with Gasteiger partial charge < -0.3 is 65.7 Å². The van der Waals surface area contributed by atoms with Gasteiger partial charge in [0.05, 0.1) is 12.1 Å². The number of carboxylic acid groups (broad SMARTS) is 1. The lowest BCUT2D eigenvalue weighted by Crippen LogP contribution is -2.63. The summed E-state index contributed by atoms with van der Waals surface area (Å²) in [6, 6.07) is -4.76. The predicted molar refractivity (Wildman–Crippen MR) is 168 cm³/mol. The molecule has 0 saturated carbocycles. The lowest BCUT2D eigenvalue weighted by molar-refractivity contribution is -0.144. The number of nitrogens with zero attached hydrogens (tertiary/aromatic N) is 3. The van der Waals surface area contributed by atoms with E-state index in [1.54, 1.807) is 0 Å². The average molecular weight is 642 g/mol. The summed E-state index contributed by atoms with van der Waals surface area (Å²) in [5.41, 5.74) is 33.1. The second kappa shape index (κ2) is 20.7. The summed E-state index contributed by atoms with van der Waals surface area (Å²) in [4.78, 5) is 71.6. The number of carboxylic acids is 1. The first kappa shape index (κ1) is 38.8. The van der Waals surface area contributed by atoms with Crippen LogP contribution in [0.5, 0.6) is 0 Å². The lowest BCUT2D eigenvalue weighted by Gasteiger charge is -2.37. The van der Waals surface area contributed by atoms with Crippen LogP contribution >= 0.6 is 0 Å². The zero-order valence-electron chi connectivity index (χ0n) is 25.9. The second-order valence-electron chi connectivity index (χ2n) is 10.8. The van der Waals surface area contributed by atoms with Gasteiger partial charge >= 0.3 is 5.97 Å². The first-order valence-electron chi connectivity index (χ1n) is 15.0. The molecule has 1 saturated heterocycles. The Hall–Kier alpha value is -4.23. The number of rotatable bonds is 20. The van der Waals surface area contributed by atoms with E-state index in [-0.39, 0.29) is 43.9 Å². The van der Waals surface area contributed by atoms with Crippen molar-refractivity contribution in [3.05, 3.63) is 0 Å². The summed E-state index contributed by atoms with van der Waals surface area (Å²) in [7, 11) is 0. The van der Waals surface area contributed by atoms with Crippen LogP contribution in [0, 0.1) is 0 Å². The van der Waals surface area contributed by atoms with Crippen LogP contribution in [0.3, 0.4) is 0 Å². The molecule has 4 amide bonds. The first-order valence-corrected chi connectivity index (χ1v) is 15.0. The van der Waals surface area contributed by atoms with Crippen molar-refractivity contribution < 1.29 is 29.1 Å². The maximum atomic E-state index is 13.2. The van der Waals surface area contributed by atoms with E-state index in [4.69, 9.17) is 34.4 Å². The summed E-state index contributed by atoms with van der Waals surface area (Å²) in [5.74, 6) is -3.36. The summed E-state index contributed by atoms with van der Waals surface area (Å²) in [6.45, 7) is 3.20. The predicted octanol–water partition coefficient (Wildman–Crippen LogP) is -5.09. The highest BCUT2D eigenvalue weighted by molar-refractivity contribution is 5.94. The Kier molecular flexibility index (Phi) is 17.8. The van der Waals surface area contributed by atoms with Gasteiger partial charge in [0.1, 0.15) is 18.1 Å². The molecule has 0 bridgehead atoms. The fraction of sp³-hybridized carbons (Fsp3) is 0.731. The van der Waals surface area contributed by atoms with Crippen LogP contribution in [0.4, 0.5) is 0 Å². The van der Waals surface area contributed by atoms with Gasteiger partial charge in [-0.3, -0.25) is 29.2 Å². The average Bonchev–Trinajstić information content (AvgIpc) is 2.99. The molecule has 0 aromatic carbocycles. The lowest BCUT2D eigenvalue weighted by atomic mass is 10.1.